The number of carbonyl (C=O) groups excluding carboxylic acids is 1. The number of aromatic nitrogens is 2. The van der Waals surface area contributed by atoms with Crippen LogP contribution in [0.2, 0.25) is 0 Å². The second kappa shape index (κ2) is 3.64. The molecule has 0 saturated carbocycles. The molecule has 1 heterocycles. The first-order chi connectivity index (χ1) is 6.40. The van der Waals surface area contributed by atoms with Crippen LogP contribution >= 0.6 is 0 Å². The lowest BCUT2D eigenvalue weighted by Crippen LogP contribution is -2.15. The summed E-state index contributed by atoms with van der Waals surface area (Å²) in [6.45, 7) is 0. The zero-order valence-electron chi connectivity index (χ0n) is 6.84. The number of amides is 1. The van der Waals surface area contributed by atoms with E-state index in [0.717, 1.165) is 0 Å². The predicted octanol–water partition coefficient (Wildman–Crippen LogP) is 0.663. The molecule has 0 radical (unpaired) electrons. The minimum Gasteiger partial charge on any atom is -0.364 e. The fourth-order valence-corrected chi connectivity index (χ4v) is 0.818. The number of nitrogens with two attached hydrogens (primary N) is 1. The summed E-state index contributed by atoms with van der Waals surface area (Å²) in [4.78, 5) is 10.6. The van der Waals surface area contributed by atoms with Crippen molar-refractivity contribution in [2.45, 2.75) is 19.0 Å². The Kier molecular flexibility index (Phi) is 2.73. The summed E-state index contributed by atoms with van der Waals surface area (Å²) in [5, 5.41) is 6.24. The first-order valence-corrected chi connectivity index (χ1v) is 3.58. The van der Waals surface area contributed by atoms with E-state index in [2.05, 4.69) is 14.9 Å². The lowest BCUT2D eigenvalue weighted by Gasteiger charge is -2.02. The van der Waals surface area contributed by atoms with E-state index < -0.39 is 24.9 Å². The lowest BCUT2D eigenvalue weighted by atomic mass is 10.2. The summed E-state index contributed by atoms with van der Waals surface area (Å²) >= 11 is 0. The molecule has 0 unspecified atom stereocenters. The number of alkyl halides is 3. The molecule has 0 bridgehead atoms. The standard InChI is InChI=1S/C6H6F3N3O2/c7-6(8,9)2-1-3-4(5(10)13)12-14-11-3/h1-2H2,(H2,10,13). The van der Waals surface area contributed by atoms with Crippen LogP contribution in [0.3, 0.4) is 0 Å². The molecule has 0 spiro atoms. The molecule has 0 aliphatic rings. The summed E-state index contributed by atoms with van der Waals surface area (Å²) < 4.78 is 39.5. The molecule has 5 nitrogen and oxygen atoms in total. The summed E-state index contributed by atoms with van der Waals surface area (Å²) in [5.41, 5.74) is 4.29. The van der Waals surface area contributed by atoms with Crippen molar-refractivity contribution in [1.29, 1.82) is 0 Å². The molecule has 8 heteroatoms. The monoisotopic (exact) mass is 209 g/mol. The number of hydrogen-bond acceptors (Lipinski definition) is 4. The van der Waals surface area contributed by atoms with Crippen LogP contribution in [-0.4, -0.2) is 22.4 Å². The van der Waals surface area contributed by atoms with Crippen LogP contribution in [0.5, 0.6) is 0 Å². The van der Waals surface area contributed by atoms with Gasteiger partial charge in [-0.1, -0.05) is 5.16 Å². The number of hydrogen-bond donors (Lipinski definition) is 1. The SMILES string of the molecule is NC(=O)c1nonc1CCC(F)(F)F. The molecule has 1 aromatic heterocycles. The van der Waals surface area contributed by atoms with E-state index in [4.69, 9.17) is 5.73 Å². The van der Waals surface area contributed by atoms with Gasteiger partial charge in [0.05, 0.1) is 0 Å². The van der Waals surface area contributed by atoms with Gasteiger partial charge < -0.3 is 5.73 Å². The number of rotatable bonds is 3. The minimum absolute atomic E-state index is 0.171. The number of primary amides is 1. The van der Waals surface area contributed by atoms with Crippen molar-refractivity contribution in [1.82, 2.24) is 10.3 Å². The molecule has 1 aromatic rings. The van der Waals surface area contributed by atoms with Gasteiger partial charge in [0.2, 0.25) is 0 Å². The molecule has 0 aliphatic carbocycles. The Morgan fingerprint density at radius 2 is 2.07 bits per heavy atom. The van der Waals surface area contributed by atoms with Crippen LogP contribution in [0, 0.1) is 0 Å². The van der Waals surface area contributed by atoms with Crippen molar-refractivity contribution in [2.24, 2.45) is 5.73 Å². The molecular formula is C6H6F3N3O2. The van der Waals surface area contributed by atoms with E-state index in [9.17, 15) is 18.0 Å². The lowest BCUT2D eigenvalue weighted by molar-refractivity contribution is -0.134. The maximum absolute atomic E-state index is 11.8. The highest BCUT2D eigenvalue weighted by Gasteiger charge is 2.28. The third kappa shape index (κ3) is 2.71. The quantitative estimate of drug-likeness (QED) is 0.792. The fraction of sp³-hybridized carbons (Fsp3) is 0.500. The van der Waals surface area contributed by atoms with E-state index in [0.29, 0.717) is 0 Å². The topological polar surface area (TPSA) is 82.0 Å². The van der Waals surface area contributed by atoms with Gasteiger partial charge in [-0.05, 0) is 5.16 Å². The Morgan fingerprint density at radius 1 is 1.43 bits per heavy atom. The van der Waals surface area contributed by atoms with Gasteiger partial charge in [-0.2, -0.15) is 13.2 Å². The molecule has 0 saturated heterocycles. The number of nitrogens with zero attached hydrogens (tertiary/aromatic N) is 2. The second-order valence-electron chi connectivity index (χ2n) is 2.54. The van der Waals surface area contributed by atoms with Crippen molar-refractivity contribution < 1.29 is 22.6 Å². The van der Waals surface area contributed by atoms with Gasteiger partial charge in [0, 0.05) is 12.8 Å². The molecule has 0 aromatic carbocycles. The van der Waals surface area contributed by atoms with Crippen molar-refractivity contribution in [3.63, 3.8) is 0 Å². The third-order valence-electron chi connectivity index (χ3n) is 1.44. The molecular weight excluding hydrogens is 203 g/mol. The van der Waals surface area contributed by atoms with Gasteiger partial charge >= 0.3 is 6.18 Å². The van der Waals surface area contributed by atoms with Crippen LogP contribution in [0.25, 0.3) is 0 Å². The first kappa shape index (κ1) is 10.5. The molecule has 0 fully saturated rings. The summed E-state index contributed by atoms with van der Waals surface area (Å²) in [7, 11) is 0. The van der Waals surface area contributed by atoms with Crippen molar-refractivity contribution in [2.75, 3.05) is 0 Å². The summed E-state index contributed by atoms with van der Waals surface area (Å²) in [5.74, 6) is -0.955. The van der Waals surface area contributed by atoms with Crippen molar-refractivity contribution in [3.8, 4) is 0 Å². The van der Waals surface area contributed by atoms with Gasteiger partial charge in [0.15, 0.2) is 5.69 Å². The zero-order valence-corrected chi connectivity index (χ0v) is 6.84. The van der Waals surface area contributed by atoms with E-state index in [-0.39, 0.29) is 11.4 Å². The maximum atomic E-state index is 11.8. The summed E-state index contributed by atoms with van der Waals surface area (Å²) in [6.07, 6.45) is -5.87. The molecule has 14 heavy (non-hydrogen) atoms. The Hall–Kier alpha value is -1.60. The molecule has 0 aliphatic heterocycles. The average Bonchev–Trinajstić information content (AvgIpc) is 2.46. The Balaban J connectivity index is 2.68. The minimum atomic E-state index is -4.31. The van der Waals surface area contributed by atoms with Crippen LogP contribution < -0.4 is 5.73 Å². The van der Waals surface area contributed by atoms with Gasteiger partial charge in [0.25, 0.3) is 5.91 Å². The number of aryl methyl sites for hydroxylation is 1. The Labute approximate surface area is 76.0 Å². The highest BCUT2D eigenvalue weighted by molar-refractivity contribution is 5.91. The van der Waals surface area contributed by atoms with Gasteiger partial charge in [-0.3, -0.25) is 4.79 Å². The second-order valence-corrected chi connectivity index (χ2v) is 2.54. The van der Waals surface area contributed by atoms with Crippen LogP contribution in [0.4, 0.5) is 13.2 Å². The predicted molar refractivity (Wildman–Crippen MR) is 37.2 cm³/mol. The Morgan fingerprint density at radius 3 is 2.57 bits per heavy atom. The largest absolute Gasteiger partial charge is 0.389 e. The van der Waals surface area contributed by atoms with Gasteiger partial charge in [-0.25, -0.2) is 4.63 Å². The molecule has 1 rings (SSSR count). The average molecular weight is 209 g/mol. The summed E-state index contributed by atoms with van der Waals surface area (Å²) in [6, 6.07) is 0. The van der Waals surface area contributed by atoms with Crippen molar-refractivity contribution >= 4 is 5.91 Å². The highest BCUT2D eigenvalue weighted by Crippen LogP contribution is 2.22. The van der Waals surface area contributed by atoms with E-state index >= 15 is 0 Å². The van der Waals surface area contributed by atoms with E-state index in [1.165, 1.54) is 0 Å². The normalized spacial score (nSPS) is 11.6. The maximum Gasteiger partial charge on any atom is 0.389 e. The van der Waals surface area contributed by atoms with Crippen LogP contribution in [-0.2, 0) is 6.42 Å². The number of halogens is 3. The number of carbonyl (C=O) groups is 1. The van der Waals surface area contributed by atoms with Gasteiger partial charge in [0.1, 0.15) is 5.69 Å². The van der Waals surface area contributed by atoms with E-state index in [1.807, 2.05) is 0 Å². The molecule has 2 N–H and O–H groups in total. The highest BCUT2D eigenvalue weighted by atomic mass is 19.4. The third-order valence-corrected chi connectivity index (χ3v) is 1.44. The van der Waals surface area contributed by atoms with Crippen molar-refractivity contribution in [3.05, 3.63) is 11.4 Å². The smallest absolute Gasteiger partial charge is 0.364 e. The molecule has 78 valence electrons. The Bertz CT molecular complexity index is 333. The van der Waals surface area contributed by atoms with Crippen LogP contribution in [0.15, 0.2) is 4.63 Å². The van der Waals surface area contributed by atoms with Crippen LogP contribution in [0.1, 0.15) is 22.6 Å². The molecule has 1 amide bonds. The molecule has 0 atom stereocenters. The van der Waals surface area contributed by atoms with E-state index in [1.54, 1.807) is 0 Å². The van der Waals surface area contributed by atoms with Gasteiger partial charge in [-0.15, -0.1) is 0 Å². The zero-order chi connectivity index (χ0) is 10.8. The fourth-order valence-electron chi connectivity index (χ4n) is 0.818. The first-order valence-electron chi connectivity index (χ1n) is 3.58.